The smallest absolute Gasteiger partial charge is 0.159 e. The van der Waals surface area contributed by atoms with Crippen LogP contribution in [0.4, 0.5) is 34.1 Å². The molecule has 12 rings (SSSR count). The van der Waals surface area contributed by atoms with Crippen LogP contribution in [0, 0.1) is 0 Å². The monoisotopic (exact) mass is 856 g/mol. The summed E-state index contributed by atoms with van der Waals surface area (Å²) in [7, 11) is 0. The van der Waals surface area contributed by atoms with Gasteiger partial charge in [-0.3, -0.25) is 0 Å². The van der Waals surface area contributed by atoms with Crippen molar-refractivity contribution in [2.45, 2.75) is 0 Å². The van der Waals surface area contributed by atoms with Crippen molar-refractivity contribution < 1.29 is 4.42 Å². The molecule has 3 nitrogen and oxygen atoms in total. The van der Waals surface area contributed by atoms with Crippen molar-refractivity contribution in [2.75, 3.05) is 9.80 Å². The highest BCUT2D eigenvalue weighted by Gasteiger charge is 2.26. The van der Waals surface area contributed by atoms with E-state index in [4.69, 9.17) is 4.42 Å². The summed E-state index contributed by atoms with van der Waals surface area (Å²) in [5.41, 5.74) is 16.9. The maximum Gasteiger partial charge on any atom is 0.159 e. The van der Waals surface area contributed by atoms with Crippen molar-refractivity contribution in [1.29, 1.82) is 0 Å². The molecule has 1 heterocycles. The lowest BCUT2D eigenvalue weighted by Crippen LogP contribution is -2.14. The highest BCUT2D eigenvalue weighted by Crippen LogP contribution is 2.50. The van der Waals surface area contributed by atoms with Crippen LogP contribution in [-0.2, 0) is 0 Å². The molecule has 0 radical (unpaired) electrons. The quantitative estimate of drug-likeness (QED) is 0.137. The van der Waals surface area contributed by atoms with Crippen LogP contribution < -0.4 is 9.80 Å². The van der Waals surface area contributed by atoms with Crippen LogP contribution in [0.2, 0.25) is 0 Å². The minimum absolute atomic E-state index is 0.808. The molecule has 0 saturated heterocycles. The van der Waals surface area contributed by atoms with E-state index in [-0.39, 0.29) is 0 Å². The fourth-order valence-corrected chi connectivity index (χ4v) is 9.58. The van der Waals surface area contributed by atoms with Crippen molar-refractivity contribution >= 4 is 66.8 Å². The Balaban J connectivity index is 1.15. The Morgan fingerprint density at radius 3 is 1.39 bits per heavy atom. The summed E-state index contributed by atoms with van der Waals surface area (Å²) in [5.74, 6) is 0. The van der Waals surface area contributed by atoms with Crippen LogP contribution in [0.3, 0.4) is 0 Å². The first-order valence-electron chi connectivity index (χ1n) is 22.8. The van der Waals surface area contributed by atoms with Gasteiger partial charge < -0.3 is 14.2 Å². The van der Waals surface area contributed by atoms with Gasteiger partial charge in [0.2, 0.25) is 0 Å². The highest BCUT2D eigenvalue weighted by atomic mass is 16.3. The van der Waals surface area contributed by atoms with Crippen molar-refractivity contribution in [2.24, 2.45) is 0 Å². The first kappa shape index (κ1) is 39.7. The Hall–Kier alpha value is -8.92. The summed E-state index contributed by atoms with van der Waals surface area (Å²) < 4.78 is 7.29. The molecule has 0 aliphatic rings. The molecule has 1 aromatic heterocycles. The maximum absolute atomic E-state index is 7.29. The summed E-state index contributed by atoms with van der Waals surface area (Å²) in [4.78, 5) is 4.79. The molecular formula is C64H44N2O. The molecule has 11 aromatic carbocycles. The third kappa shape index (κ3) is 7.49. The van der Waals surface area contributed by atoms with Crippen LogP contribution in [-0.4, -0.2) is 0 Å². The zero-order valence-electron chi connectivity index (χ0n) is 36.7. The van der Waals surface area contributed by atoms with E-state index in [9.17, 15) is 0 Å². The Kier molecular flexibility index (Phi) is 10.2. The number of benzene rings is 11. The van der Waals surface area contributed by atoms with Gasteiger partial charge in [0.1, 0.15) is 5.58 Å². The summed E-state index contributed by atoms with van der Waals surface area (Å²) in [5, 5.41) is 4.30. The lowest BCUT2D eigenvalue weighted by atomic mass is 10.00. The number of nitrogens with zero attached hydrogens (tertiary/aromatic N) is 2. The van der Waals surface area contributed by atoms with Gasteiger partial charge in [0, 0.05) is 44.5 Å². The topological polar surface area (TPSA) is 19.6 Å². The Labute approximate surface area is 390 Å². The van der Waals surface area contributed by atoms with Crippen molar-refractivity contribution in [3.05, 3.63) is 267 Å². The normalized spacial score (nSPS) is 11.3. The molecule has 0 aliphatic heterocycles. The van der Waals surface area contributed by atoms with Crippen molar-refractivity contribution in [3.63, 3.8) is 0 Å². The summed E-state index contributed by atoms with van der Waals surface area (Å²) in [6.45, 7) is 0. The Bertz CT molecular complexity index is 3660. The second-order valence-electron chi connectivity index (χ2n) is 16.9. The van der Waals surface area contributed by atoms with E-state index in [0.717, 1.165) is 100 Å². The second kappa shape index (κ2) is 17.2. The van der Waals surface area contributed by atoms with E-state index in [0.29, 0.717) is 0 Å². The number of furan rings is 1. The van der Waals surface area contributed by atoms with Crippen LogP contribution in [0.1, 0.15) is 0 Å². The van der Waals surface area contributed by atoms with Crippen molar-refractivity contribution in [1.82, 2.24) is 0 Å². The van der Waals surface area contributed by atoms with Crippen LogP contribution in [0.25, 0.3) is 77.2 Å². The molecule has 0 spiro atoms. The van der Waals surface area contributed by atoms with Crippen LogP contribution in [0.15, 0.2) is 271 Å². The average Bonchev–Trinajstić information content (AvgIpc) is 3.80. The fourth-order valence-electron chi connectivity index (χ4n) is 9.58. The standard InChI is InChI=1S/C64H44N2O/c1-5-18-45(19-6-1)48-32-37-53(38-33-48)65(55-28-17-27-52(42-55)47-22-9-3-10-23-47)56-43-60-59-41-36-51-26-13-14-30-58(51)63(59)67-64(60)62(44-56)66(54-39-34-49(35-40-54)46-20-7-2-8-21-46)61-31-16-15-29-57(61)50-24-11-4-12-25-50/h1-44H. The summed E-state index contributed by atoms with van der Waals surface area (Å²) in [6.07, 6.45) is 0. The molecule has 0 fully saturated rings. The predicted octanol–water partition coefficient (Wildman–Crippen LogP) is 18.3. The first-order chi connectivity index (χ1) is 33.2. The number of rotatable bonds is 10. The van der Waals surface area contributed by atoms with Gasteiger partial charge in [-0.1, -0.05) is 206 Å². The van der Waals surface area contributed by atoms with Gasteiger partial charge >= 0.3 is 0 Å². The number of hydrogen-bond donors (Lipinski definition) is 0. The van der Waals surface area contributed by atoms with Gasteiger partial charge in [-0.2, -0.15) is 0 Å². The highest BCUT2D eigenvalue weighted by molar-refractivity contribution is 6.19. The summed E-state index contributed by atoms with van der Waals surface area (Å²) in [6, 6.07) is 95.5. The molecule has 0 amide bonds. The second-order valence-corrected chi connectivity index (χ2v) is 16.9. The van der Waals surface area contributed by atoms with E-state index < -0.39 is 0 Å². The SMILES string of the molecule is c1ccc(-c2ccc(N(c3cccc(-c4ccccc4)c3)c3cc(N(c4ccc(-c5ccccc5)cc4)c4ccccc4-c4ccccc4)c4oc5c6ccccc6ccc5c4c3)cc2)cc1. The predicted molar refractivity (Wildman–Crippen MR) is 282 cm³/mol. The van der Waals surface area contributed by atoms with Gasteiger partial charge in [0.05, 0.1) is 11.4 Å². The molecule has 0 aliphatic carbocycles. The third-order valence-corrected chi connectivity index (χ3v) is 12.8. The molecule has 0 saturated carbocycles. The molecule has 12 aromatic rings. The fraction of sp³-hybridized carbons (Fsp3) is 0. The molecule has 0 unspecified atom stereocenters. The average molecular weight is 857 g/mol. The lowest BCUT2D eigenvalue weighted by molar-refractivity contribution is 0.673. The molecule has 0 bridgehead atoms. The molecule has 0 atom stereocenters. The number of para-hydroxylation sites is 1. The van der Waals surface area contributed by atoms with Gasteiger partial charge in [0.15, 0.2) is 5.58 Å². The van der Waals surface area contributed by atoms with E-state index in [1.165, 1.54) is 11.1 Å². The number of hydrogen-bond acceptors (Lipinski definition) is 3. The molecule has 67 heavy (non-hydrogen) atoms. The van der Waals surface area contributed by atoms with Gasteiger partial charge in [-0.15, -0.1) is 0 Å². The van der Waals surface area contributed by atoms with Crippen LogP contribution >= 0.6 is 0 Å². The van der Waals surface area contributed by atoms with Gasteiger partial charge in [-0.25, -0.2) is 0 Å². The van der Waals surface area contributed by atoms with E-state index >= 15 is 0 Å². The Morgan fingerprint density at radius 2 is 0.746 bits per heavy atom. The zero-order chi connectivity index (χ0) is 44.5. The molecule has 316 valence electrons. The van der Waals surface area contributed by atoms with E-state index in [1.54, 1.807) is 0 Å². The Morgan fingerprint density at radius 1 is 0.239 bits per heavy atom. The molecule has 3 heteroatoms. The minimum Gasteiger partial charge on any atom is -0.453 e. The number of anilines is 6. The van der Waals surface area contributed by atoms with Gasteiger partial charge in [0.25, 0.3) is 0 Å². The number of fused-ring (bicyclic) bond motifs is 5. The van der Waals surface area contributed by atoms with Crippen molar-refractivity contribution in [3.8, 4) is 44.5 Å². The van der Waals surface area contributed by atoms with E-state index in [2.05, 4.69) is 277 Å². The minimum atomic E-state index is 0.808. The molecular weight excluding hydrogens is 813 g/mol. The summed E-state index contributed by atoms with van der Waals surface area (Å²) >= 11 is 0. The van der Waals surface area contributed by atoms with Crippen LogP contribution in [0.5, 0.6) is 0 Å². The van der Waals surface area contributed by atoms with E-state index in [1.807, 2.05) is 0 Å². The molecule has 0 N–H and O–H groups in total. The third-order valence-electron chi connectivity index (χ3n) is 12.8. The van der Waals surface area contributed by atoms with Gasteiger partial charge in [-0.05, 0) is 105 Å². The first-order valence-corrected chi connectivity index (χ1v) is 22.8. The zero-order valence-corrected chi connectivity index (χ0v) is 36.7. The lowest BCUT2D eigenvalue weighted by Gasteiger charge is -2.31. The maximum atomic E-state index is 7.29. The largest absolute Gasteiger partial charge is 0.453 e.